The predicted octanol–water partition coefficient (Wildman–Crippen LogP) is 5.24. The van der Waals surface area contributed by atoms with E-state index < -0.39 is 0 Å². The Morgan fingerprint density at radius 2 is 1.91 bits per heavy atom. The number of anilines is 4. The lowest BCUT2D eigenvalue weighted by atomic mass is 10.1. The summed E-state index contributed by atoms with van der Waals surface area (Å²) >= 11 is 0. The molecular formula is C24H29N5O3. The van der Waals surface area contributed by atoms with Gasteiger partial charge in [-0.15, -0.1) is 0 Å². The normalized spacial score (nSPS) is 10.2. The van der Waals surface area contributed by atoms with Crippen LogP contribution >= 0.6 is 0 Å². The van der Waals surface area contributed by atoms with Crippen molar-refractivity contribution in [3.8, 4) is 11.6 Å². The third-order valence-corrected chi connectivity index (χ3v) is 3.91. The Balaban J connectivity index is 0.000000451. The van der Waals surface area contributed by atoms with E-state index in [1.807, 2.05) is 70.3 Å². The van der Waals surface area contributed by atoms with Gasteiger partial charge in [0, 0.05) is 41.9 Å². The van der Waals surface area contributed by atoms with Gasteiger partial charge >= 0.3 is 0 Å². The number of aromatic nitrogens is 2. The lowest BCUT2D eigenvalue weighted by Crippen LogP contribution is -2.17. The Bertz CT molecular complexity index is 1050. The van der Waals surface area contributed by atoms with Gasteiger partial charge in [-0.25, -0.2) is 4.98 Å². The Labute approximate surface area is 188 Å². The minimum absolute atomic E-state index is 0.318. The van der Waals surface area contributed by atoms with Crippen molar-refractivity contribution in [1.29, 1.82) is 0 Å². The number of carbonyl (C=O) groups is 1. The fourth-order valence-electron chi connectivity index (χ4n) is 2.47. The van der Waals surface area contributed by atoms with Gasteiger partial charge in [-0.2, -0.15) is 4.98 Å². The molecule has 0 bridgehead atoms. The third kappa shape index (κ3) is 7.98. The van der Waals surface area contributed by atoms with Crippen LogP contribution < -0.4 is 21.1 Å². The van der Waals surface area contributed by atoms with Crippen LogP contribution in [0.25, 0.3) is 6.08 Å². The van der Waals surface area contributed by atoms with Gasteiger partial charge in [0.05, 0.1) is 0 Å². The number of nitrogens with one attached hydrogen (secondary N) is 2. The van der Waals surface area contributed by atoms with Crippen LogP contribution in [0.2, 0.25) is 0 Å². The molecule has 0 spiro atoms. The number of nitrogens with zero attached hydrogens (tertiary/aromatic N) is 2. The van der Waals surface area contributed by atoms with Gasteiger partial charge in [0.1, 0.15) is 11.4 Å². The van der Waals surface area contributed by atoms with Crippen molar-refractivity contribution < 1.29 is 14.3 Å². The molecule has 0 amide bonds. The quantitative estimate of drug-likeness (QED) is 0.341. The number of benzene rings is 2. The molecule has 3 aromatic rings. The van der Waals surface area contributed by atoms with E-state index in [-0.39, 0.29) is 5.60 Å². The van der Waals surface area contributed by atoms with Crippen molar-refractivity contribution in [2.75, 3.05) is 23.4 Å². The van der Waals surface area contributed by atoms with E-state index in [9.17, 15) is 4.79 Å². The van der Waals surface area contributed by atoms with Crippen LogP contribution in [0.5, 0.6) is 11.6 Å². The Hall–Kier alpha value is -4.07. The second kappa shape index (κ2) is 11.4. The van der Waals surface area contributed by atoms with E-state index in [0.717, 1.165) is 16.9 Å². The zero-order valence-corrected chi connectivity index (χ0v) is 18.8. The molecule has 1 aromatic heterocycles. The molecule has 3 rings (SSSR count). The summed E-state index contributed by atoms with van der Waals surface area (Å²) in [7, 11) is 1.86. The molecule has 0 atom stereocenters. The van der Waals surface area contributed by atoms with Crippen LogP contribution in [-0.4, -0.2) is 29.1 Å². The van der Waals surface area contributed by atoms with Gasteiger partial charge < -0.3 is 25.8 Å². The molecule has 8 nitrogen and oxygen atoms in total. The Morgan fingerprint density at radius 1 is 1.12 bits per heavy atom. The first-order chi connectivity index (χ1) is 15.2. The van der Waals surface area contributed by atoms with E-state index in [2.05, 4.69) is 31.9 Å². The van der Waals surface area contributed by atoms with E-state index in [1.54, 1.807) is 18.3 Å². The van der Waals surface area contributed by atoms with Crippen LogP contribution in [-0.2, 0) is 9.53 Å². The minimum Gasteiger partial charge on any atom is -0.462 e. The fraction of sp³-hybridized carbons (Fsp3) is 0.208. The highest BCUT2D eigenvalue weighted by molar-refractivity contribution is 5.67. The third-order valence-electron chi connectivity index (χ3n) is 3.91. The molecule has 8 heteroatoms. The summed E-state index contributed by atoms with van der Waals surface area (Å²) in [6.07, 6.45) is 3.40. The van der Waals surface area contributed by atoms with Crippen LogP contribution in [0, 0.1) is 0 Å². The highest BCUT2D eigenvalue weighted by Crippen LogP contribution is 2.26. The first kappa shape index (κ1) is 24.2. The molecule has 0 unspecified atom stereocenters. The van der Waals surface area contributed by atoms with E-state index in [4.69, 9.17) is 10.5 Å². The summed E-state index contributed by atoms with van der Waals surface area (Å²) in [4.78, 5) is 18.2. The highest BCUT2D eigenvalue weighted by Gasteiger charge is 2.07. The summed E-state index contributed by atoms with van der Waals surface area (Å²) in [6, 6.07) is 14.8. The number of nitrogen functional groups attached to an aromatic ring is 1. The van der Waals surface area contributed by atoms with Gasteiger partial charge in [0.15, 0.2) is 0 Å². The van der Waals surface area contributed by atoms with Crippen molar-refractivity contribution in [3.05, 3.63) is 66.9 Å². The number of carbonyl (C=O) groups excluding carboxylic acids is 1. The molecule has 4 N–H and O–H groups in total. The summed E-state index contributed by atoms with van der Waals surface area (Å²) in [5, 5.41) is 6.21. The van der Waals surface area contributed by atoms with E-state index >= 15 is 0 Å². The number of ether oxygens (including phenoxy) is 2. The molecular weight excluding hydrogens is 406 g/mol. The minimum atomic E-state index is -0.318. The molecule has 0 saturated carbocycles. The zero-order chi connectivity index (χ0) is 23.6. The van der Waals surface area contributed by atoms with Crippen molar-refractivity contribution >= 4 is 35.6 Å². The monoisotopic (exact) mass is 435 g/mol. The van der Waals surface area contributed by atoms with Crippen LogP contribution in [0.15, 0.2) is 61.3 Å². The molecule has 0 fully saturated rings. The maximum atomic E-state index is 9.60. The highest BCUT2D eigenvalue weighted by atomic mass is 16.5. The summed E-state index contributed by atoms with van der Waals surface area (Å²) < 4.78 is 10.4. The molecule has 32 heavy (non-hydrogen) atoms. The van der Waals surface area contributed by atoms with Gasteiger partial charge in [0.25, 0.3) is 6.47 Å². The van der Waals surface area contributed by atoms with Gasteiger partial charge in [0.2, 0.25) is 11.8 Å². The van der Waals surface area contributed by atoms with Crippen LogP contribution in [0.3, 0.4) is 0 Å². The van der Waals surface area contributed by atoms with Gasteiger partial charge in [-0.1, -0.05) is 18.7 Å². The fourth-order valence-corrected chi connectivity index (χ4v) is 2.47. The zero-order valence-electron chi connectivity index (χ0n) is 18.8. The Kier molecular flexibility index (Phi) is 8.59. The summed E-state index contributed by atoms with van der Waals surface area (Å²) in [5.74, 6) is 1.54. The topological polar surface area (TPSA) is 111 Å². The summed E-state index contributed by atoms with van der Waals surface area (Å²) in [5.41, 5.74) is 8.87. The average molecular weight is 436 g/mol. The van der Waals surface area contributed by atoms with Crippen molar-refractivity contribution in [1.82, 2.24) is 9.97 Å². The molecule has 0 aliphatic carbocycles. The molecule has 0 aliphatic rings. The second-order valence-corrected chi connectivity index (χ2v) is 7.60. The first-order valence-electron chi connectivity index (χ1n) is 9.93. The SMILES string of the molecule is C=Cc1cc(Oc2ccnc(Nc3cccc(N)c3)n2)ccc1NC.CC(C)(C)OC=O. The molecule has 0 saturated heterocycles. The van der Waals surface area contributed by atoms with Crippen molar-refractivity contribution in [2.24, 2.45) is 0 Å². The summed E-state index contributed by atoms with van der Waals surface area (Å²) in [6.45, 7) is 9.74. The maximum Gasteiger partial charge on any atom is 0.293 e. The maximum absolute atomic E-state index is 9.60. The van der Waals surface area contributed by atoms with E-state index in [0.29, 0.717) is 29.7 Å². The molecule has 0 radical (unpaired) electrons. The lowest BCUT2D eigenvalue weighted by molar-refractivity contribution is -0.138. The molecule has 1 heterocycles. The molecule has 0 aliphatic heterocycles. The number of hydrogen-bond donors (Lipinski definition) is 3. The number of rotatable bonds is 7. The average Bonchev–Trinajstić information content (AvgIpc) is 2.73. The largest absolute Gasteiger partial charge is 0.462 e. The van der Waals surface area contributed by atoms with Crippen LogP contribution in [0.4, 0.5) is 23.0 Å². The van der Waals surface area contributed by atoms with Gasteiger partial charge in [-0.05, 0) is 57.2 Å². The number of hydrogen-bond acceptors (Lipinski definition) is 8. The molecule has 168 valence electrons. The van der Waals surface area contributed by atoms with Gasteiger partial charge in [-0.3, -0.25) is 4.79 Å². The van der Waals surface area contributed by atoms with Crippen molar-refractivity contribution in [3.63, 3.8) is 0 Å². The van der Waals surface area contributed by atoms with E-state index in [1.165, 1.54) is 0 Å². The molecule has 2 aromatic carbocycles. The predicted molar refractivity (Wildman–Crippen MR) is 129 cm³/mol. The number of nitrogens with two attached hydrogens (primary N) is 1. The van der Waals surface area contributed by atoms with Crippen LogP contribution in [0.1, 0.15) is 26.3 Å². The first-order valence-corrected chi connectivity index (χ1v) is 9.93. The smallest absolute Gasteiger partial charge is 0.293 e. The Morgan fingerprint density at radius 3 is 2.50 bits per heavy atom. The second-order valence-electron chi connectivity index (χ2n) is 7.60. The standard InChI is InChI=1S/C19H19N5O.C5H10O2/c1-3-13-11-16(7-8-17(13)21-2)25-18-9-10-22-19(24-18)23-15-6-4-5-14(20)12-15;1-5(2,3)7-4-6/h3-12,21H,1,20H2,2H3,(H,22,23,24);4H,1-3H3. The van der Waals surface area contributed by atoms with Crippen molar-refractivity contribution in [2.45, 2.75) is 26.4 Å². The lowest BCUT2D eigenvalue weighted by Gasteiger charge is -2.14.